The number of carbonyl (C=O) groups excluding carboxylic acids is 1. The number of nitrogens with two attached hydrogens (primary N) is 1. The Balaban J connectivity index is 1.74. The molecule has 0 saturated carbocycles. The number of nitrogens with one attached hydrogen (secondary N) is 1. The molecule has 174 valence electrons. The van der Waals surface area contributed by atoms with Gasteiger partial charge in [0, 0.05) is 17.7 Å². The van der Waals surface area contributed by atoms with Crippen molar-refractivity contribution in [2.24, 2.45) is 0 Å². The Morgan fingerprint density at radius 2 is 1.88 bits per heavy atom. The summed E-state index contributed by atoms with van der Waals surface area (Å²) in [4.78, 5) is 23.2. The van der Waals surface area contributed by atoms with Crippen molar-refractivity contribution in [2.75, 3.05) is 18.3 Å². The van der Waals surface area contributed by atoms with E-state index in [0.29, 0.717) is 16.7 Å². The first-order valence-corrected chi connectivity index (χ1v) is 11.0. The summed E-state index contributed by atoms with van der Waals surface area (Å²) in [5.74, 6) is 6.60. The van der Waals surface area contributed by atoms with Gasteiger partial charge >= 0.3 is 0 Å². The normalized spacial score (nSPS) is 12.3. The molecule has 1 unspecified atom stereocenters. The van der Waals surface area contributed by atoms with Crippen molar-refractivity contribution in [3.63, 3.8) is 0 Å². The molecule has 0 aliphatic heterocycles. The number of anilines is 1. The molecule has 33 heavy (non-hydrogen) atoms. The predicted molar refractivity (Wildman–Crippen MR) is 128 cm³/mol. The van der Waals surface area contributed by atoms with E-state index in [1.807, 2.05) is 24.3 Å². The molecule has 11 heteroatoms. The molecule has 0 bridgehead atoms. The van der Waals surface area contributed by atoms with Gasteiger partial charge in [0.05, 0.1) is 23.0 Å². The maximum Gasteiger partial charge on any atom is 0.271 e. The number of rotatable bonds is 7. The van der Waals surface area contributed by atoms with Crippen LogP contribution in [0, 0.1) is 10.1 Å². The fourth-order valence-corrected chi connectivity index (χ4v) is 3.80. The molecule has 0 radical (unpaired) electrons. The van der Waals surface area contributed by atoms with E-state index in [2.05, 4.69) is 36.3 Å². The fourth-order valence-electron chi connectivity index (χ4n) is 3.03. The first-order valence-electron chi connectivity index (χ1n) is 10.1. The van der Waals surface area contributed by atoms with Crippen LogP contribution in [0.4, 0.5) is 11.4 Å². The number of nitro groups is 1. The summed E-state index contributed by atoms with van der Waals surface area (Å²) in [6.45, 7) is 8.09. The molecule has 1 amide bonds. The van der Waals surface area contributed by atoms with Gasteiger partial charge in [-0.25, -0.2) is 4.68 Å². The fraction of sp³-hybridized carbons (Fsp3) is 0.318. The summed E-state index contributed by atoms with van der Waals surface area (Å²) < 4.78 is 6.53. The summed E-state index contributed by atoms with van der Waals surface area (Å²) >= 11 is 1.12. The van der Waals surface area contributed by atoms with Gasteiger partial charge < -0.3 is 15.9 Å². The highest BCUT2D eigenvalue weighted by Gasteiger charge is 2.22. The quantitative estimate of drug-likeness (QED) is 0.229. The molecule has 3 rings (SSSR count). The molecule has 0 aliphatic rings. The number of non-ortho nitro benzene ring substituents is 1. The summed E-state index contributed by atoms with van der Waals surface area (Å²) in [5, 5.41) is 21.8. The Labute approximate surface area is 195 Å². The topological polar surface area (TPSA) is 138 Å². The molecule has 2 aromatic carbocycles. The van der Waals surface area contributed by atoms with Crippen LogP contribution in [-0.2, 0) is 10.2 Å². The molecule has 0 spiro atoms. The Morgan fingerprint density at radius 1 is 1.21 bits per heavy atom. The molecule has 1 heterocycles. The highest BCUT2D eigenvalue weighted by molar-refractivity contribution is 8.00. The van der Waals surface area contributed by atoms with Crippen molar-refractivity contribution in [2.45, 2.75) is 43.5 Å². The lowest BCUT2D eigenvalue weighted by molar-refractivity contribution is -0.384. The van der Waals surface area contributed by atoms with Crippen LogP contribution in [-0.4, -0.2) is 38.1 Å². The highest BCUT2D eigenvalue weighted by atomic mass is 32.2. The third kappa shape index (κ3) is 5.43. The van der Waals surface area contributed by atoms with E-state index < -0.39 is 16.1 Å². The van der Waals surface area contributed by atoms with E-state index in [-0.39, 0.29) is 16.8 Å². The van der Waals surface area contributed by atoms with Gasteiger partial charge in [0.1, 0.15) is 5.75 Å². The number of hydrogen-bond acceptors (Lipinski definition) is 8. The lowest BCUT2D eigenvalue weighted by atomic mass is 9.87. The maximum atomic E-state index is 12.7. The number of nitrogens with zero attached hydrogens (tertiary/aromatic N) is 4. The molecular formula is C22H26N6O4S. The minimum atomic E-state index is -0.614. The van der Waals surface area contributed by atoms with E-state index in [9.17, 15) is 14.9 Å². The maximum absolute atomic E-state index is 12.7. The molecule has 3 N–H and O–H groups in total. The van der Waals surface area contributed by atoms with Crippen molar-refractivity contribution < 1.29 is 14.5 Å². The van der Waals surface area contributed by atoms with Gasteiger partial charge in [-0.3, -0.25) is 14.9 Å². The number of aromatic nitrogens is 3. The largest absolute Gasteiger partial charge is 0.495 e. The number of nitro benzene ring substituents is 1. The summed E-state index contributed by atoms with van der Waals surface area (Å²) in [6, 6.07) is 11.9. The number of methoxy groups -OCH3 is 1. The minimum absolute atomic E-state index is 0.0284. The molecule has 0 saturated heterocycles. The zero-order valence-corrected chi connectivity index (χ0v) is 19.8. The first-order chi connectivity index (χ1) is 15.5. The van der Waals surface area contributed by atoms with Gasteiger partial charge in [0.15, 0.2) is 5.82 Å². The molecule has 3 aromatic rings. The van der Waals surface area contributed by atoms with Crippen LogP contribution in [0.2, 0.25) is 0 Å². The van der Waals surface area contributed by atoms with Crippen molar-refractivity contribution in [1.29, 1.82) is 0 Å². The second kappa shape index (κ2) is 9.49. The standard InChI is InChI=1S/C22H26N6O4S/c1-13(20(29)24-17-12-16(28(30)31)10-11-18(17)32-5)33-21-26-25-19(27(21)23)14-6-8-15(9-7-14)22(2,3)4/h6-13H,23H2,1-5H3,(H,24,29). The monoisotopic (exact) mass is 470 g/mol. The molecule has 10 nitrogen and oxygen atoms in total. The van der Waals surface area contributed by atoms with Gasteiger partial charge in [0.2, 0.25) is 11.1 Å². The van der Waals surface area contributed by atoms with Crippen molar-refractivity contribution in [3.05, 3.63) is 58.1 Å². The van der Waals surface area contributed by atoms with Crippen LogP contribution in [0.1, 0.15) is 33.3 Å². The number of carbonyl (C=O) groups is 1. The van der Waals surface area contributed by atoms with E-state index >= 15 is 0 Å². The third-order valence-corrected chi connectivity index (χ3v) is 6.03. The number of hydrogen-bond donors (Lipinski definition) is 2. The van der Waals surface area contributed by atoms with Crippen LogP contribution >= 0.6 is 11.8 Å². The lowest BCUT2D eigenvalue weighted by Crippen LogP contribution is -2.24. The van der Waals surface area contributed by atoms with E-state index in [1.165, 1.54) is 35.5 Å². The van der Waals surface area contributed by atoms with Crippen LogP contribution in [0.5, 0.6) is 5.75 Å². The Bertz CT molecular complexity index is 1170. The first kappa shape index (κ1) is 24.1. The molecule has 1 aromatic heterocycles. The second-order valence-corrected chi connectivity index (χ2v) is 9.70. The number of amides is 1. The van der Waals surface area contributed by atoms with Gasteiger partial charge in [-0.05, 0) is 24.0 Å². The molecular weight excluding hydrogens is 444 g/mol. The van der Waals surface area contributed by atoms with Crippen LogP contribution in [0.15, 0.2) is 47.6 Å². The van der Waals surface area contributed by atoms with Gasteiger partial charge in [-0.15, -0.1) is 10.2 Å². The summed E-state index contributed by atoms with van der Waals surface area (Å²) in [6.07, 6.45) is 0. The third-order valence-electron chi connectivity index (χ3n) is 4.98. The lowest BCUT2D eigenvalue weighted by Gasteiger charge is -2.19. The van der Waals surface area contributed by atoms with E-state index in [1.54, 1.807) is 6.92 Å². The summed E-state index contributed by atoms with van der Waals surface area (Å²) in [7, 11) is 1.42. The van der Waals surface area contributed by atoms with Gasteiger partial charge in [-0.2, -0.15) is 0 Å². The smallest absolute Gasteiger partial charge is 0.271 e. The average Bonchev–Trinajstić information content (AvgIpc) is 3.13. The Morgan fingerprint density at radius 3 is 2.45 bits per heavy atom. The summed E-state index contributed by atoms with van der Waals surface area (Å²) in [5.41, 5.74) is 2.07. The average molecular weight is 471 g/mol. The zero-order chi connectivity index (χ0) is 24.3. The van der Waals surface area contributed by atoms with Crippen LogP contribution in [0.25, 0.3) is 11.4 Å². The van der Waals surface area contributed by atoms with E-state index in [4.69, 9.17) is 10.6 Å². The van der Waals surface area contributed by atoms with Gasteiger partial charge in [0.25, 0.3) is 5.69 Å². The second-order valence-electron chi connectivity index (χ2n) is 8.39. The van der Waals surface area contributed by atoms with Crippen molar-refractivity contribution in [1.82, 2.24) is 14.9 Å². The van der Waals surface area contributed by atoms with Crippen LogP contribution in [0.3, 0.4) is 0 Å². The van der Waals surface area contributed by atoms with E-state index in [0.717, 1.165) is 17.3 Å². The van der Waals surface area contributed by atoms with Crippen molar-refractivity contribution >= 4 is 29.0 Å². The van der Waals surface area contributed by atoms with Gasteiger partial charge in [-0.1, -0.05) is 56.8 Å². The number of benzene rings is 2. The van der Waals surface area contributed by atoms with Crippen molar-refractivity contribution in [3.8, 4) is 17.1 Å². The number of thioether (sulfide) groups is 1. The Hall–Kier alpha value is -3.60. The van der Waals surface area contributed by atoms with Crippen LogP contribution < -0.4 is 15.9 Å². The predicted octanol–water partition coefficient (Wildman–Crippen LogP) is 3.99. The minimum Gasteiger partial charge on any atom is -0.495 e. The highest BCUT2D eigenvalue weighted by Crippen LogP contribution is 2.31. The molecule has 0 aliphatic carbocycles. The molecule has 1 atom stereocenters. The molecule has 0 fully saturated rings. The zero-order valence-electron chi connectivity index (χ0n) is 19.0. The number of nitrogen functional groups attached to an aromatic ring is 1. The SMILES string of the molecule is COc1ccc([N+](=O)[O-])cc1NC(=O)C(C)Sc1nnc(-c2ccc(C(C)(C)C)cc2)n1N. The Kier molecular flexibility index (Phi) is 6.92. The number of ether oxygens (including phenoxy) is 1.